The molecule has 18 heavy (non-hydrogen) atoms. The smallest absolute Gasteiger partial charge is 0.123 e. The maximum atomic E-state index is 13.0. The fourth-order valence-electron chi connectivity index (χ4n) is 2.21. The van der Waals surface area contributed by atoms with Crippen molar-refractivity contribution in [1.82, 2.24) is 0 Å². The molecule has 0 aliphatic carbocycles. The zero-order chi connectivity index (χ0) is 13.8. The van der Waals surface area contributed by atoms with Gasteiger partial charge < -0.3 is 15.4 Å². The van der Waals surface area contributed by atoms with E-state index in [1.54, 1.807) is 19.2 Å². The molecule has 2 atom stereocenters. The minimum atomic E-state index is -0.318. The van der Waals surface area contributed by atoms with Gasteiger partial charge >= 0.3 is 0 Å². The van der Waals surface area contributed by atoms with E-state index in [9.17, 15) is 4.39 Å². The van der Waals surface area contributed by atoms with E-state index < -0.39 is 0 Å². The van der Waals surface area contributed by atoms with Crippen LogP contribution in [0.15, 0.2) is 24.3 Å². The number of halogens is 1. The van der Waals surface area contributed by atoms with E-state index in [0.717, 1.165) is 12.2 Å². The summed E-state index contributed by atoms with van der Waals surface area (Å²) in [5.74, 6) is -0.232. The number of nitrogens with zero attached hydrogens (tertiary/aromatic N) is 1. The second-order valence-electron chi connectivity index (χ2n) is 4.66. The van der Waals surface area contributed by atoms with Crippen molar-refractivity contribution < 1.29 is 9.13 Å². The largest absolute Gasteiger partial charge is 0.379 e. The fourth-order valence-corrected chi connectivity index (χ4v) is 2.21. The van der Waals surface area contributed by atoms with E-state index in [4.69, 9.17) is 10.5 Å². The van der Waals surface area contributed by atoms with Gasteiger partial charge in [0, 0.05) is 25.9 Å². The standard InChI is InChI=1S/C14H23FN2O/c1-5-17(13-8-6-12(15)7-9-13)14(3,10-16)11(2)18-4/h6-9,11H,5,10,16H2,1-4H3. The molecule has 0 fully saturated rings. The molecule has 0 saturated carbocycles. The minimum absolute atomic E-state index is 0.0208. The van der Waals surface area contributed by atoms with Crippen LogP contribution >= 0.6 is 0 Å². The molecule has 1 aromatic rings. The number of ether oxygens (including phenoxy) is 1. The zero-order valence-corrected chi connectivity index (χ0v) is 11.6. The monoisotopic (exact) mass is 254 g/mol. The number of rotatable bonds is 6. The molecule has 0 bridgehead atoms. The number of likely N-dealkylation sites (N-methyl/N-ethyl adjacent to an activating group) is 1. The first-order chi connectivity index (χ1) is 8.49. The van der Waals surface area contributed by atoms with Crippen molar-refractivity contribution in [2.75, 3.05) is 25.1 Å². The number of methoxy groups -OCH3 is 1. The van der Waals surface area contributed by atoms with Crippen LogP contribution in [0.4, 0.5) is 10.1 Å². The Balaban J connectivity index is 3.10. The van der Waals surface area contributed by atoms with Crippen molar-refractivity contribution in [3.63, 3.8) is 0 Å². The van der Waals surface area contributed by atoms with E-state index in [-0.39, 0.29) is 17.5 Å². The van der Waals surface area contributed by atoms with Gasteiger partial charge in [-0.25, -0.2) is 4.39 Å². The minimum Gasteiger partial charge on any atom is -0.379 e. The summed E-state index contributed by atoms with van der Waals surface area (Å²) in [4.78, 5) is 2.15. The molecule has 2 unspecified atom stereocenters. The van der Waals surface area contributed by atoms with Crippen LogP contribution in [0.3, 0.4) is 0 Å². The molecule has 0 radical (unpaired) electrons. The van der Waals surface area contributed by atoms with Gasteiger partial charge in [-0.1, -0.05) is 0 Å². The molecule has 3 nitrogen and oxygen atoms in total. The highest BCUT2D eigenvalue weighted by Gasteiger charge is 2.36. The summed E-state index contributed by atoms with van der Waals surface area (Å²) in [5, 5.41) is 0. The quantitative estimate of drug-likeness (QED) is 0.847. The predicted octanol–water partition coefficient (Wildman–Crippen LogP) is 2.40. The van der Waals surface area contributed by atoms with Gasteiger partial charge in [-0.05, 0) is 45.0 Å². The maximum Gasteiger partial charge on any atom is 0.123 e. The average molecular weight is 254 g/mol. The molecule has 2 N–H and O–H groups in total. The number of hydrogen-bond acceptors (Lipinski definition) is 3. The second-order valence-corrected chi connectivity index (χ2v) is 4.66. The third-order valence-corrected chi connectivity index (χ3v) is 3.71. The summed E-state index contributed by atoms with van der Waals surface area (Å²) in [6, 6.07) is 6.48. The van der Waals surface area contributed by atoms with E-state index >= 15 is 0 Å². The SMILES string of the molecule is CCN(c1ccc(F)cc1)C(C)(CN)C(C)OC. The lowest BCUT2D eigenvalue weighted by atomic mass is 9.92. The second kappa shape index (κ2) is 6.16. The summed E-state index contributed by atoms with van der Waals surface area (Å²) in [6.45, 7) is 7.37. The zero-order valence-electron chi connectivity index (χ0n) is 11.6. The van der Waals surface area contributed by atoms with Crippen LogP contribution in [0, 0.1) is 5.82 Å². The van der Waals surface area contributed by atoms with Crippen LogP contribution in [0.2, 0.25) is 0 Å². The molecule has 0 aromatic heterocycles. The summed E-state index contributed by atoms with van der Waals surface area (Å²) in [5.41, 5.74) is 6.57. The molecule has 0 aliphatic heterocycles. The number of anilines is 1. The lowest BCUT2D eigenvalue weighted by molar-refractivity contribution is 0.0561. The Morgan fingerprint density at radius 2 is 1.94 bits per heavy atom. The normalized spacial score (nSPS) is 16.1. The van der Waals surface area contributed by atoms with E-state index in [1.165, 1.54) is 12.1 Å². The summed E-state index contributed by atoms with van der Waals surface area (Å²) in [7, 11) is 1.68. The van der Waals surface area contributed by atoms with Crippen LogP contribution in [0.5, 0.6) is 0 Å². The molecular weight excluding hydrogens is 231 g/mol. The van der Waals surface area contributed by atoms with Crippen molar-refractivity contribution in [2.24, 2.45) is 5.73 Å². The van der Waals surface area contributed by atoms with Crippen molar-refractivity contribution in [1.29, 1.82) is 0 Å². The van der Waals surface area contributed by atoms with E-state index in [0.29, 0.717) is 6.54 Å². The molecule has 102 valence electrons. The third kappa shape index (κ3) is 2.82. The fraction of sp³-hybridized carbons (Fsp3) is 0.571. The number of benzene rings is 1. The summed E-state index contributed by atoms with van der Waals surface area (Å²) < 4.78 is 18.4. The lowest BCUT2D eigenvalue weighted by Gasteiger charge is -2.45. The van der Waals surface area contributed by atoms with Gasteiger partial charge in [-0.2, -0.15) is 0 Å². The molecule has 1 aromatic carbocycles. The Hall–Kier alpha value is -1.13. The highest BCUT2D eigenvalue weighted by atomic mass is 19.1. The van der Waals surface area contributed by atoms with Gasteiger partial charge in [-0.15, -0.1) is 0 Å². The Kier molecular flexibility index (Phi) is 5.11. The molecule has 4 heteroatoms. The van der Waals surface area contributed by atoms with Crippen molar-refractivity contribution in [2.45, 2.75) is 32.4 Å². The molecular formula is C14H23FN2O. The first-order valence-corrected chi connectivity index (χ1v) is 6.25. The number of nitrogens with two attached hydrogens (primary N) is 1. The highest BCUT2D eigenvalue weighted by Crippen LogP contribution is 2.27. The van der Waals surface area contributed by atoms with E-state index in [2.05, 4.69) is 18.7 Å². The van der Waals surface area contributed by atoms with Crippen molar-refractivity contribution in [3.8, 4) is 0 Å². The van der Waals surface area contributed by atoms with Crippen LogP contribution in [0.1, 0.15) is 20.8 Å². The van der Waals surface area contributed by atoms with Crippen molar-refractivity contribution >= 4 is 5.69 Å². The summed E-state index contributed by atoms with van der Waals surface area (Å²) in [6.07, 6.45) is -0.0208. The Morgan fingerprint density at radius 1 is 1.39 bits per heavy atom. The first kappa shape index (κ1) is 14.9. The Bertz CT molecular complexity index is 369. The molecule has 0 amide bonds. The van der Waals surface area contributed by atoms with Gasteiger partial charge in [-0.3, -0.25) is 0 Å². The molecule has 0 aliphatic rings. The van der Waals surface area contributed by atoms with Crippen LogP contribution < -0.4 is 10.6 Å². The average Bonchev–Trinajstić information content (AvgIpc) is 2.40. The van der Waals surface area contributed by atoms with Gasteiger partial charge in [0.1, 0.15) is 5.82 Å². The number of hydrogen-bond donors (Lipinski definition) is 1. The van der Waals surface area contributed by atoms with Gasteiger partial charge in [0.25, 0.3) is 0 Å². The van der Waals surface area contributed by atoms with Gasteiger partial charge in [0.05, 0.1) is 11.6 Å². The Morgan fingerprint density at radius 3 is 2.33 bits per heavy atom. The maximum absolute atomic E-state index is 13.0. The van der Waals surface area contributed by atoms with Crippen LogP contribution in [-0.4, -0.2) is 31.8 Å². The third-order valence-electron chi connectivity index (χ3n) is 3.71. The molecule has 0 spiro atoms. The van der Waals surface area contributed by atoms with Crippen molar-refractivity contribution in [3.05, 3.63) is 30.1 Å². The molecule has 1 rings (SSSR count). The molecule has 0 saturated heterocycles. The highest BCUT2D eigenvalue weighted by molar-refractivity contribution is 5.49. The van der Waals surface area contributed by atoms with Crippen LogP contribution in [-0.2, 0) is 4.74 Å². The van der Waals surface area contributed by atoms with Gasteiger partial charge in [0.2, 0.25) is 0 Å². The Labute approximate surface area is 109 Å². The summed E-state index contributed by atoms with van der Waals surface area (Å²) >= 11 is 0. The van der Waals surface area contributed by atoms with Crippen LogP contribution in [0.25, 0.3) is 0 Å². The predicted molar refractivity (Wildman–Crippen MR) is 73.4 cm³/mol. The topological polar surface area (TPSA) is 38.5 Å². The lowest BCUT2D eigenvalue weighted by Crippen LogP contribution is -2.59. The van der Waals surface area contributed by atoms with Gasteiger partial charge in [0.15, 0.2) is 0 Å². The van der Waals surface area contributed by atoms with E-state index in [1.807, 2.05) is 6.92 Å². The molecule has 0 heterocycles. The first-order valence-electron chi connectivity index (χ1n) is 6.25.